The summed E-state index contributed by atoms with van der Waals surface area (Å²) in [4.78, 5) is 0.451. The SMILES string of the molecule is CCCNS(=O)(=O)c1ccccc1[Si](C)(C)C. The quantitative estimate of drug-likeness (QED) is 0.832. The zero-order valence-corrected chi connectivity index (χ0v) is 12.8. The zero-order chi connectivity index (χ0) is 13.1. The van der Waals surface area contributed by atoms with Crippen molar-refractivity contribution in [2.75, 3.05) is 6.54 Å². The summed E-state index contributed by atoms with van der Waals surface area (Å²) in [6, 6.07) is 7.33. The Morgan fingerprint density at radius 1 is 1.18 bits per heavy atom. The van der Waals surface area contributed by atoms with E-state index in [-0.39, 0.29) is 0 Å². The van der Waals surface area contributed by atoms with Crippen molar-refractivity contribution in [3.63, 3.8) is 0 Å². The molecule has 0 spiro atoms. The van der Waals surface area contributed by atoms with Crippen molar-refractivity contribution >= 4 is 23.3 Å². The fourth-order valence-electron chi connectivity index (χ4n) is 1.63. The first-order chi connectivity index (χ1) is 7.79. The molecule has 0 aliphatic heterocycles. The van der Waals surface area contributed by atoms with Gasteiger partial charge in [0.1, 0.15) is 0 Å². The van der Waals surface area contributed by atoms with E-state index in [4.69, 9.17) is 0 Å². The topological polar surface area (TPSA) is 46.2 Å². The molecule has 3 nitrogen and oxygen atoms in total. The van der Waals surface area contributed by atoms with E-state index in [0.717, 1.165) is 11.6 Å². The number of hydrogen-bond acceptors (Lipinski definition) is 2. The van der Waals surface area contributed by atoms with Crippen LogP contribution in [0.5, 0.6) is 0 Å². The van der Waals surface area contributed by atoms with Crippen LogP contribution in [0.25, 0.3) is 0 Å². The van der Waals surface area contributed by atoms with Gasteiger partial charge >= 0.3 is 0 Å². The molecule has 0 atom stereocenters. The molecule has 1 aromatic rings. The molecule has 1 aromatic carbocycles. The normalized spacial score (nSPS) is 12.7. The van der Waals surface area contributed by atoms with Gasteiger partial charge in [-0.15, -0.1) is 0 Å². The molecule has 1 rings (SSSR count). The van der Waals surface area contributed by atoms with E-state index >= 15 is 0 Å². The standard InChI is InChI=1S/C12H21NO2SSi/c1-5-10-13-16(14,15)11-8-6-7-9-12(11)17(2,3)4/h6-9,13H,5,10H2,1-4H3. The van der Waals surface area contributed by atoms with Crippen molar-refractivity contribution in [3.05, 3.63) is 24.3 Å². The fourth-order valence-corrected chi connectivity index (χ4v) is 5.62. The highest BCUT2D eigenvalue weighted by Gasteiger charge is 2.25. The predicted molar refractivity (Wildman–Crippen MR) is 74.9 cm³/mol. The summed E-state index contributed by atoms with van der Waals surface area (Å²) in [5, 5.41) is 0.989. The molecule has 0 heterocycles. The average Bonchev–Trinajstić information content (AvgIpc) is 2.25. The lowest BCUT2D eigenvalue weighted by Crippen LogP contribution is -2.42. The molecule has 0 radical (unpaired) electrons. The molecule has 0 saturated carbocycles. The number of nitrogens with one attached hydrogen (secondary N) is 1. The lowest BCUT2D eigenvalue weighted by molar-refractivity contribution is 0.581. The van der Waals surface area contributed by atoms with Crippen LogP contribution in [-0.2, 0) is 10.0 Å². The summed E-state index contributed by atoms with van der Waals surface area (Å²) in [6.07, 6.45) is 0.800. The van der Waals surface area contributed by atoms with Gasteiger partial charge in [-0.05, 0) is 17.7 Å². The van der Waals surface area contributed by atoms with Crippen LogP contribution in [0.2, 0.25) is 19.6 Å². The molecule has 0 saturated heterocycles. The van der Waals surface area contributed by atoms with Crippen LogP contribution < -0.4 is 9.91 Å². The Morgan fingerprint density at radius 2 is 1.76 bits per heavy atom. The zero-order valence-electron chi connectivity index (χ0n) is 10.9. The van der Waals surface area contributed by atoms with Crippen molar-refractivity contribution in [3.8, 4) is 0 Å². The maximum atomic E-state index is 12.2. The molecule has 1 N–H and O–H groups in total. The number of sulfonamides is 1. The van der Waals surface area contributed by atoms with Crippen LogP contribution in [0.3, 0.4) is 0 Å². The molecular formula is C12H21NO2SSi. The van der Waals surface area contributed by atoms with Crippen LogP contribution in [0.4, 0.5) is 0 Å². The largest absolute Gasteiger partial charge is 0.240 e. The number of benzene rings is 1. The van der Waals surface area contributed by atoms with E-state index in [2.05, 4.69) is 24.4 Å². The number of rotatable bonds is 5. The Balaban J connectivity index is 3.23. The van der Waals surface area contributed by atoms with Gasteiger partial charge < -0.3 is 0 Å². The van der Waals surface area contributed by atoms with Gasteiger partial charge in [-0.25, -0.2) is 13.1 Å². The minimum atomic E-state index is -3.35. The lowest BCUT2D eigenvalue weighted by Gasteiger charge is -2.20. The highest BCUT2D eigenvalue weighted by Crippen LogP contribution is 2.12. The first kappa shape index (κ1) is 14.4. The molecule has 17 heavy (non-hydrogen) atoms. The third-order valence-corrected chi connectivity index (χ3v) is 6.28. The monoisotopic (exact) mass is 271 g/mol. The van der Waals surface area contributed by atoms with Crippen molar-refractivity contribution in [1.29, 1.82) is 0 Å². The van der Waals surface area contributed by atoms with Gasteiger partial charge in [0, 0.05) is 6.54 Å². The van der Waals surface area contributed by atoms with E-state index < -0.39 is 18.1 Å². The molecule has 0 fully saturated rings. The summed E-state index contributed by atoms with van der Waals surface area (Å²) < 4.78 is 27.0. The first-order valence-corrected chi connectivity index (χ1v) is 10.9. The Kier molecular flexibility index (Phi) is 4.52. The van der Waals surface area contributed by atoms with Crippen molar-refractivity contribution in [1.82, 2.24) is 4.72 Å². The molecule has 0 amide bonds. The second-order valence-electron chi connectivity index (χ2n) is 5.14. The van der Waals surface area contributed by atoms with E-state index in [0.29, 0.717) is 11.4 Å². The van der Waals surface area contributed by atoms with Gasteiger partial charge in [0.2, 0.25) is 10.0 Å². The summed E-state index contributed by atoms with van der Waals surface area (Å²) in [6.45, 7) is 8.90. The molecule has 0 bridgehead atoms. The molecule has 0 aromatic heterocycles. The van der Waals surface area contributed by atoms with Gasteiger partial charge in [-0.1, -0.05) is 44.8 Å². The average molecular weight is 271 g/mol. The van der Waals surface area contributed by atoms with Gasteiger partial charge in [-0.2, -0.15) is 0 Å². The highest BCUT2D eigenvalue weighted by atomic mass is 32.2. The minimum Gasteiger partial charge on any atom is -0.211 e. The first-order valence-electron chi connectivity index (χ1n) is 5.88. The molecule has 96 valence electrons. The van der Waals surface area contributed by atoms with Crippen molar-refractivity contribution in [2.45, 2.75) is 37.9 Å². The fraction of sp³-hybridized carbons (Fsp3) is 0.500. The Bertz CT molecular complexity index is 478. The number of hydrogen-bond donors (Lipinski definition) is 1. The lowest BCUT2D eigenvalue weighted by atomic mass is 10.4. The summed E-state index contributed by atoms with van der Waals surface area (Å²) in [5.41, 5.74) is 0. The smallest absolute Gasteiger partial charge is 0.211 e. The minimum absolute atomic E-state index is 0.451. The summed E-state index contributed by atoms with van der Waals surface area (Å²) in [5.74, 6) is 0. The molecule has 0 aliphatic carbocycles. The second kappa shape index (κ2) is 5.33. The summed E-state index contributed by atoms with van der Waals surface area (Å²) >= 11 is 0. The Labute approximate surface area is 105 Å². The molecule has 0 aliphatic rings. The third kappa shape index (κ3) is 3.66. The van der Waals surface area contributed by atoms with Gasteiger partial charge in [0.25, 0.3) is 0 Å². The Hall–Kier alpha value is -0.653. The van der Waals surface area contributed by atoms with Gasteiger partial charge in [0.05, 0.1) is 13.0 Å². The van der Waals surface area contributed by atoms with Crippen LogP contribution in [0.15, 0.2) is 29.2 Å². The Morgan fingerprint density at radius 3 is 2.29 bits per heavy atom. The maximum absolute atomic E-state index is 12.2. The highest BCUT2D eigenvalue weighted by molar-refractivity contribution is 7.89. The predicted octanol–water partition coefficient (Wildman–Crippen LogP) is 1.92. The van der Waals surface area contributed by atoms with E-state index in [1.807, 2.05) is 19.1 Å². The van der Waals surface area contributed by atoms with E-state index in [1.165, 1.54) is 0 Å². The molecule has 0 unspecified atom stereocenters. The van der Waals surface area contributed by atoms with E-state index in [9.17, 15) is 8.42 Å². The van der Waals surface area contributed by atoms with Crippen molar-refractivity contribution in [2.24, 2.45) is 0 Å². The molecule has 5 heteroatoms. The van der Waals surface area contributed by atoms with Crippen LogP contribution in [0.1, 0.15) is 13.3 Å². The van der Waals surface area contributed by atoms with Gasteiger partial charge in [-0.3, -0.25) is 0 Å². The van der Waals surface area contributed by atoms with Crippen LogP contribution in [0, 0.1) is 0 Å². The van der Waals surface area contributed by atoms with E-state index in [1.54, 1.807) is 12.1 Å². The third-order valence-electron chi connectivity index (χ3n) is 2.53. The maximum Gasteiger partial charge on any atom is 0.240 e. The van der Waals surface area contributed by atoms with Crippen molar-refractivity contribution < 1.29 is 8.42 Å². The summed E-state index contributed by atoms with van der Waals surface area (Å²) in [7, 11) is -5.00. The van der Waals surface area contributed by atoms with Gasteiger partial charge in [0.15, 0.2) is 0 Å². The second-order valence-corrected chi connectivity index (χ2v) is 11.9. The van der Waals surface area contributed by atoms with Crippen LogP contribution in [-0.4, -0.2) is 23.0 Å². The molecular weight excluding hydrogens is 250 g/mol. The van der Waals surface area contributed by atoms with Crippen LogP contribution >= 0.6 is 0 Å².